The molecule has 3 heterocycles. The Morgan fingerprint density at radius 1 is 1.02 bits per heavy atom. The highest BCUT2D eigenvalue weighted by Crippen LogP contribution is 2.39. The van der Waals surface area contributed by atoms with E-state index >= 15 is 0 Å². The van der Waals surface area contributed by atoms with Crippen molar-refractivity contribution in [3.8, 4) is 5.75 Å². The summed E-state index contributed by atoms with van der Waals surface area (Å²) in [5.41, 5.74) is 3.46. The van der Waals surface area contributed by atoms with Crippen molar-refractivity contribution < 1.29 is 9.30 Å². The number of anilines is 5. The number of fused-ring (bicyclic) bond motifs is 1. The van der Waals surface area contributed by atoms with Crippen molar-refractivity contribution in [1.82, 2.24) is 19.9 Å². The van der Waals surface area contributed by atoms with Crippen molar-refractivity contribution in [3.05, 3.63) is 54.7 Å². The van der Waals surface area contributed by atoms with Gasteiger partial charge in [-0.1, -0.05) is 26.0 Å². The number of nitrogens with one attached hydrogen (secondary N) is 3. The molecule has 1 saturated heterocycles. The zero-order valence-electron chi connectivity index (χ0n) is 27.1. The molecule has 2 aromatic carbocycles. The van der Waals surface area contributed by atoms with Crippen LogP contribution >= 0.6 is 7.14 Å². The average Bonchev–Trinajstić information content (AvgIpc) is 3.46. The summed E-state index contributed by atoms with van der Waals surface area (Å²) in [6.07, 6.45) is 6.62. The number of para-hydroxylation sites is 1. The molecule has 0 unspecified atom stereocenters. The van der Waals surface area contributed by atoms with Gasteiger partial charge in [0.25, 0.3) is 0 Å². The van der Waals surface area contributed by atoms with Gasteiger partial charge in [-0.25, -0.2) is 0 Å². The maximum Gasteiger partial charge on any atom is 0.231 e. The second kappa shape index (κ2) is 14.0. The number of rotatable bonds is 13. The minimum absolute atomic E-state index is 0.0432. The third-order valence-corrected chi connectivity index (χ3v) is 9.63. The molecular weight excluding hydrogens is 569 g/mol. The minimum atomic E-state index is -2.50. The number of hydrogen-bond donors (Lipinski definition) is 3. The van der Waals surface area contributed by atoms with Crippen LogP contribution in [0.4, 0.5) is 28.8 Å². The maximum absolute atomic E-state index is 13.0. The fourth-order valence-electron chi connectivity index (χ4n) is 6.12. The highest BCUT2D eigenvalue weighted by Gasteiger charge is 2.26. The quantitative estimate of drug-likeness (QED) is 0.132. The van der Waals surface area contributed by atoms with Crippen molar-refractivity contribution in [2.75, 3.05) is 55.0 Å². The van der Waals surface area contributed by atoms with Gasteiger partial charge in [-0.05, 0) is 96.3 Å². The fourth-order valence-corrected chi connectivity index (χ4v) is 7.28. The van der Waals surface area contributed by atoms with E-state index in [4.69, 9.17) is 14.7 Å². The predicted molar refractivity (Wildman–Crippen MR) is 186 cm³/mol. The van der Waals surface area contributed by atoms with Gasteiger partial charge in [0.1, 0.15) is 24.4 Å². The Morgan fingerprint density at radius 2 is 1.75 bits per heavy atom. The van der Waals surface area contributed by atoms with Gasteiger partial charge < -0.3 is 34.7 Å². The van der Waals surface area contributed by atoms with Crippen molar-refractivity contribution in [2.24, 2.45) is 0 Å². The van der Waals surface area contributed by atoms with Crippen LogP contribution in [0, 0.1) is 0 Å². The summed E-state index contributed by atoms with van der Waals surface area (Å²) in [7, 11) is -2.50. The van der Waals surface area contributed by atoms with Gasteiger partial charge in [0.05, 0.1) is 22.9 Å². The number of benzene rings is 2. The summed E-state index contributed by atoms with van der Waals surface area (Å²) >= 11 is 0. The number of nitrogens with zero attached hydrogens (tertiary/aromatic N) is 4. The maximum atomic E-state index is 13.0. The summed E-state index contributed by atoms with van der Waals surface area (Å²) in [6, 6.07) is 16.6. The van der Waals surface area contributed by atoms with E-state index < -0.39 is 7.14 Å². The average molecular weight is 618 g/mol. The van der Waals surface area contributed by atoms with E-state index in [1.54, 1.807) is 13.3 Å². The lowest BCUT2D eigenvalue weighted by atomic mass is 10.0. The summed E-state index contributed by atoms with van der Waals surface area (Å²) in [5, 5.41) is 8.48. The number of aromatic amines is 1. The second-order valence-corrected chi connectivity index (χ2v) is 15.5. The van der Waals surface area contributed by atoms with Crippen LogP contribution in [0.15, 0.2) is 54.7 Å². The smallest absolute Gasteiger partial charge is 0.231 e. The largest absolute Gasteiger partial charge is 0.489 e. The molecule has 2 aromatic heterocycles. The van der Waals surface area contributed by atoms with Gasteiger partial charge in [-0.15, -0.1) is 0 Å². The van der Waals surface area contributed by atoms with Crippen LogP contribution in [0.1, 0.15) is 53.4 Å². The second-order valence-electron chi connectivity index (χ2n) is 12.4. The molecular formula is C34H48N7O2P. The zero-order valence-corrected chi connectivity index (χ0v) is 28.0. The van der Waals surface area contributed by atoms with Crippen molar-refractivity contribution in [1.29, 1.82) is 0 Å². The minimum Gasteiger partial charge on any atom is -0.489 e. The molecule has 5 rings (SSSR count). The number of hydrogen-bond acceptors (Lipinski definition) is 8. The van der Waals surface area contributed by atoms with E-state index in [0.717, 1.165) is 59.4 Å². The highest BCUT2D eigenvalue weighted by atomic mass is 31.2. The van der Waals surface area contributed by atoms with Crippen LogP contribution in [0.3, 0.4) is 0 Å². The molecule has 0 radical (unpaired) electrons. The summed E-state index contributed by atoms with van der Waals surface area (Å²) in [4.78, 5) is 17.9. The Labute approximate surface area is 262 Å². The van der Waals surface area contributed by atoms with E-state index in [9.17, 15) is 4.57 Å². The number of ether oxygens (including phenoxy) is 1. The molecule has 0 atom stereocenters. The summed E-state index contributed by atoms with van der Waals surface area (Å²) in [5.74, 6) is 1.95. The Kier molecular flexibility index (Phi) is 10.2. The third-order valence-electron chi connectivity index (χ3n) is 8.07. The zero-order chi connectivity index (χ0) is 31.3. The SMILES string of the molecule is CCCN(CCC)C1CCN(c2ccc(Nc3nc(Nc4ccccc4P(C)(C)=O)c4cc[nH]c4n3)cc2OC(C)C)CC1. The Hall–Kier alpha value is -3.55. The molecule has 1 aliphatic rings. The molecule has 0 spiro atoms. The van der Waals surface area contributed by atoms with E-state index in [1.165, 1.54) is 25.9 Å². The lowest BCUT2D eigenvalue weighted by Crippen LogP contribution is -2.45. The standard InChI is InChI=1S/C34H48N7O2P/c1-7-19-40(20-8-2)26-16-21-41(22-17-26)29-14-13-25(23-30(29)43-24(3)4)36-34-38-32-27(15-18-35-32)33(39-34)37-28-11-9-10-12-31(28)44(5,6)42/h9-15,18,23-24,26H,7-8,16-17,19-22H2,1-6H3,(H3,35,36,37,38,39). The molecule has 3 N–H and O–H groups in total. The Bertz CT molecular complexity index is 1580. The van der Waals surface area contributed by atoms with Crippen LogP contribution < -0.4 is 25.6 Å². The Balaban J connectivity index is 1.38. The van der Waals surface area contributed by atoms with Gasteiger partial charge in [0.15, 0.2) is 0 Å². The predicted octanol–water partition coefficient (Wildman–Crippen LogP) is 7.57. The van der Waals surface area contributed by atoms with Crippen LogP contribution in [0.5, 0.6) is 5.75 Å². The lowest BCUT2D eigenvalue weighted by Gasteiger charge is -2.40. The van der Waals surface area contributed by atoms with Gasteiger partial charge in [0, 0.05) is 42.4 Å². The van der Waals surface area contributed by atoms with E-state index in [1.807, 2.05) is 36.5 Å². The number of H-pyrrole nitrogens is 1. The molecule has 236 valence electrons. The van der Waals surface area contributed by atoms with Gasteiger partial charge in [0.2, 0.25) is 5.95 Å². The molecule has 10 heteroatoms. The van der Waals surface area contributed by atoms with Crippen LogP contribution in [0.2, 0.25) is 0 Å². The number of piperidine rings is 1. The molecule has 0 aliphatic carbocycles. The molecule has 44 heavy (non-hydrogen) atoms. The van der Waals surface area contributed by atoms with Gasteiger partial charge >= 0.3 is 0 Å². The first kappa shape index (κ1) is 31.9. The van der Waals surface area contributed by atoms with Crippen molar-refractivity contribution in [2.45, 2.75) is 65.5 Å². The monoisotopic (exact) mass is 617 g/mol. The normalized spacial score (nSPS) is 14.5. The first-order chi connectivity index (χ1) is 21.2. The first-order valence-electron chi connectivity index (χ1n) is 16.0. The molecule has 0 bridgehead atoms. The summed E-state index contributed by atoms with van der Waals surface area (Å²) in [6.45, 7) is 16.6. The van der Waals surface area contributed by atoms with Crippen molar-refractivity contribution in [3.63, 3.8) is 0 Å². The molecule has 4 aromatic rings. The molecule has 1 aliphatic heterocycles. The van der Waals surface area contributed by atoms with E-state index in [2.05, 4.69) is 71.3 Å². The fraction of sp³-hybridized carbons (Fsp3) is 0.471. The van der Waals surface area contributed by atoms with Crippen molar-refractivity contribution >= 4 is 52.3 Å². The molecule has 9 nitrogen and oxygen atoms in total. The third kappa shape index (κ3) is 7.56. The topological polar surface area (TPSA) is 98.4 Å². The lowest BCUT2D eigenvalue weighted by molar-refractivity contribution is 0.168. The van der Waals surface area contributed by atoms with Crippen LogP contribution in [-0.4, -0.2) is 71.5 Å². The molecule has 0 saturated carbocycles. The first-order valence-corrected chi connectivity index (χ1v) is 18.6. The van der Waals surface area contributed by atoms with Gasteiger partial charge in [-0.2, -0.15) is 9.97 Å². The molecule has 1 fully saturated rings. The van der Waals surface area contributed by atoms with Crippen LogP contribution in [-0.2, 0) is 4.57 Å². The number of aromatic nitrogens is 3. The van der Waals surface area contributed by atoms with Gasteiger partial charge in [-0.3, -0.25) is 0 Å². The van der Waals surface area contributed by atoms with E-state index in [-0.39, 0.29) is 6.10 Å². The highest BCUT2D eigenvalue weighted by molar-refractivity contribution is 7.70. The van der Waals surface area contributed by atoms with E-state index in [0.29, 0.717) is 23.5 Å². The summed E-state index contributed by atoms with van der Waals surface area (Å²) < 4.78 is 19.3. The Morgan fingerprint density at radius 3 is 2.43 bits per heavy atom. The van der Waals surface area contributed by atoms with Crippen LogP contribution in [0.25, 0.3) is 11.0 Å². The molecule has 0 amide bonds.